The number of nitrogens with zero attached hydrogens (tertiary/aromatic N) is 2. The second-order valence-electron chi connectivity index (χ2n) is 4.59. The SMILES string of the molecule is COc1ccccc1-c1cccn2c(CCN)ncc12. The summed E-state index contributed by atoms with van der Waals surface area (Å²) in [5.74, 6) is 1.85. The normalized spacial score (nSPS) is 10.9. The van der Waals surface area contributed by atoms with Gasteiger partial charge >= 0.3 is 0 Å². The van der Waals surface area contributed by atoms with Crippen molar-refractivity contribution in [2.75, 3.05) is 13.7 Å². The van der Waals surface area contributed by atoms with Gasteiger partial charge < -0.3 is 14.9 Å². The average molecular weight is 267 g/mol. The van der Waals surface area contributed by atoms with Crippen molar-refractivity contribution in [3.63, 3.8) is 0 Å². The summed E-state index contributed by atoms with van der Waals surface area (Å²) in [5, 5.41) is 0. The number of hydrogen-bond donors (Lipinski definition) is 1. The van der Waals surface area contributed by atoms with Crippen LogP contribution < -0.4 is 10.5 Å². The van der Waals surface area contributed by atoms with Gasteiger partial charge in [0.1, 0.15) is 11.6 Å². The number of rotatable bonds is 4. The van der Waals surface area contributed by atoms with E-state index in [1.165, 1.54) is 0 Å². The van der Waals surface area contributed by atoms with Crippen molar-refractivity contribution in [2.45, 2.75) is 6.42 Å². The monoisotopic (exact) mass is 267 g/mol. The van der Waals surface area contributed by atoms with Crippen molar-refractivity contribution in [1.82, 2.24) is 9.38 Å². The molecule has 0 bridgehead atoms. The molecule has 0 fully saturated rings. The lowest BCUT2D eigenvalue weighted by molar-refractivity contribution is 0.416. The number of fused-ring (bicyclic) bond motifs is 1. The Balaban J connectivity index is 2.21. The first kappa shape index (κ1) is 12.7. The lowest BCUT2D eigenvalue weighted by Crippen LogP contribution is -2.06. The zero-order chi connectivity index (χ0) is 13.9. The minimum absolute atomic E-state index is 0.595. The van der Waals surface area contributed by atoms with Crippen LogP contribution in [0, 0.1) is 0 Å². The van der Waals surface area contributed by atoms with Gasteiger partial charge in [-0.05, 0) is 18.7 Å². The average Bonchev–Trinajstić information content (AvgIpc) is 2.91. The molecule has 3 aromatic rings. The van der Waals surface area contributed by atoms with Crippen LogP contribution in [0.2, 0.25) is 0 Å². The van der Waals surface area contributed by atoms with E-state index in [1.54, 1.807) is 7.11 Å². The Bertz CT molecular complexity index is 733. The van der Waals surface area contributed by atoms with Crippen LogP contribution in [-0.4, -0.2) is 23.0 Å². The van der Waals surface area contributed by atoms with Crippen molar-refractivity contribution in [3.05, 3.63) is 54.6 Å². The summed E-state index contributed by atoms with van der Waals surface area (Å²) in [6.07, 6.45) is 4.68. The summed E-state index contributed by atoms with van der Waals surface area (Å²) in [4.78, 5) is 4.47. The fourth-order valence-electron chi connectivity index (χ4n) is 2.48. The Labute approximate surface area is 117 Å². The molecule has 3 rings (SSSR count). The van der Waals surface area contributed by atoms with Gasteiger partial charge in [0.05, 0.1) is 18.8 Å². The van der Waals surface area contributed by atoms with Gasteiger partial charge in [0, 0.05) is 23.7 Å². The van der Waals surface area contributed by atoms with E-state index in [9.17, 15) is 0 Å². The summed E-state index contributed by atoms with van der Waals surface area (Å²) in [5.41, 5.74) is 8.88. The molecule has 2 aromatic heterocycles. The van der Waals surface area contributed by atoms with Gasteiger partial charge in [-0.3, -0.25) is 0 Å². The van der Waals surface area contributed by atoms with Crippen LogP contribution in [0.1, 0.15) is 5.82 Å². The van der Waals surface area contributed by atoms with E-state index in [4.69, 9.17) is 10.5 Å². The predicted molar refractivity (Wildman–Crippen MR) is 79.9 cm³/mol. The predicted octanol–water partition coefficient (Wildman–Crippen LogP) is 2.51. The van der Waals surface area contributed by atoms with E-state index >= 15 is 0 Å². The van der Waals surface area contributed by atoms with Crippen LogP contribution in [0.4, 0.5) is 0 Å². The van der Waals surface area contributed by atoms with Gasteiger partial charge in [0.15, 0.2) is 0 Å². The molecule has 20 heavy (non-hydrogen) atoms. The van der Waals surface area contributed by atoms with Gasteiger partial charge in [-0.1, -0.05) is 24.3 Å². The standard InChI is InChI=1S/C16H17N3O/c1-20-15-7-3-2-5-13(15)12-6-4-10-19-14(12)11-18-16(19)8-9-17/h2-7,10-11H,8-9,17H2,1H3. The maximum absolute atomic E-state index is 5.63. The van der Waals surface area contributed by atoms with E-state index in [2.05, 4.69) is 21.5 Å². The number of aromatic nitrogens is 2. The summed E-state index contributed by atoms with van der Waals surface area (Å²) in [7, 11) is 1.69. The third-order valence-electron chi connectivity index (χ3n) is 3.41. The first-order valence-electron chi connectivity index (χ1n) is 6.63. The molecule has 0 saturated heterocycles. The molecule has 0 aliphatic rings. The molecule has 0 unspecified atom stereocenters. The van der Waals surface area contributed by atoms with Crippen LogP contribution in [0.15, 0.2) is 48.8 Å². The number of methoxy groups -OCH3 is 1. The number of imidazole rings is 1. The maximum Gasteiger partial charge on any atom is 0.126 e. The fourth-order valence-corrected chi connectivity index (χ4v) is 2.48. The number of hydrogen-bond acceptors (Lipinski definition) is 3. The molecule has 0 aliphatic heterocycles. The lowest BCUT2D eigenvalue weighted by Gasteiger charge is -2.10. The zero-order valence-corrected chi connectivity index (χ0v) is 11.4. The summed E-state index contributed by atoms with van der Waals surface area (Å²) in [6, 6.07) is 12.1. The summed E-state index contributed by atoms with van der Waals surface area (Å²) >= 11 is 0. The second kappa shape index (κ2) is 5.35. The number of pyridine rings is 1. The molecule has 2 N–H and O–H groups in total. The molecule has 4 heteroatoms. The highest BCUT2D eigenvalue weighted by molar-refractivity contribution is 5.83. The van der Waals surface area contributed by atoms with Gasteiger partial charge in [0.2, 0.25) is 0 Å². The summed E-state index contributed by atoms with van der Waals surface area (Å²) < 4.78 is 7.55. The first-order valence-corrected chi connectivity index (χ1v) is 6.63. The van der Waals surface area contributed by atoms with E-state index in [-0.39, 0.29) is 0 Å². The third kappa shape index (κ3) is 2.04. The minimum atomic E-state index is 0.595. The molecule has 2 heterocycles. The molecular formula is C16H17N3O. The van der Waals surface area contributed by atoms with E-state index in [0.29, 0.717) is 6.54 Å². The van der Waals surface area contributed by atoms with Crippen LogP contribution in [0.25, 0.3) is 16.6 Å². The van der Waals surface area contributed by atoms with Crippen LogP contribution in [0.5, 0.6) is 5.75 Å². The van der Waals surface area contributed by atoms with E-state index in [1.807, 2.05) is 36.7 Å². The van der Waals surface area contributed by atoms with Crippen molar-refractivity contribution in [1.29, 1.82) is 0 Å². The van der Waals surface area contributed by atoms with Crippen molar-refractivity contribution in [3.8, 4) is 16.9 Å². The Morgan fingerprint density at radius 2 is 1.95 bits per heavy atom. The molecule has 0 radical (unpaired) electrons. The van der Waals surface area contributed by atoms with Gasteiger partial charge in [-0.25, -0.2) is 4.98 Å². The van der Waals surface area contributed by atoms with Gasteiger partial charge in [-0.2, -0.15) is 0 Å². The molecule has 1 aromatic carbocycles. The van der Waals surface area contributed by atoms with Crippen molar-refractivity contribution in [2.24, 2.45) is 5.73 Å². The Morgan fingerprint density at radius 3 is 2.75 bits per heavy atom. The highest BCUT2D eigenvalue weighted by atomic mass is 16.5. The zero-order valence-electron chi connectivity index (χ0n) is 11.4. The molecule has 0 saturated carbocycles. The topological polar surface area (TPSA) is 52.5 Å². The molecule has 4 nitrogen and oxygen atoms in total. The van der Waals surface area contributed by atoms with Gasteiger partial charge in [-0.15, -0.1) is 0 Å². The molecule has 0 aliphatic carbocycles. The first-order chi connectivity index (χ1) is 9.85. The van der Waals surface area contributed by atoms with Crippen LogP contribution in [0.3, 0.4) is 0 Å². The molecule has 0 amide bonds. The number of nitrogens with two attached hydrogens (primary N) is 1. The quantitative estimate of drug-likeness (QED) is 0.790. The molecule has 102 valence electrons. The molecular weight excluding hydrogens is 250 g/mol. The Hall–Kier alpha value is -2.33. The molecule has 0 spiro atoms. The lowest BCUT2D eigenvalue weighted by atomic mass is 10.0. The smallest absolute Gasteiger partial charge is 0.126 e. The minimum Gasteiger partial charge on any atom is -0.496 e. The number of benzene rings is 1. The van der Waals surface area contributed by atoms with Crippen molar-refractivity contribution < 1.29 is 4.74 Å². The highest BCUT2D eigenvalue weighted by Gasteiger charge is 2.11. The number of ether oxygens (including phenoxy) is 1. The molecule has 0 atom stereocenters. The van der Waals surface area contributed by atoms with Crippen LogP contribution in [-0.2, 0) is 6.42 Å². The van der Waals surface area contributed by atoms with Gasteiger partial charge in [0.25, 0.3) is 0 Å². The largest absolute Gasteiger partial charge is 0.496 e. The number of para-hydroxylation sites is 1. The highest BCUT2D eigenvalue weighted by Crippen LogP contribution is 2.32. The van der Waals surface area contributed by atoms with E-state index < -0.39 is 0 Å². The third-order valence-corrected chi connectivity index (χ3v) is 3.41. The Morgan fingerprint density at radius 1 is 1.15 bits per heavy atom. The maximum atomic E-state index is 5.63. The fraction of sp³-hybridized carbons (Fsp3) is 0.188. The summed E-state index contributed by atoms with van der Waals surface area (Å²) in [6.45, 7) is 0.595. The van der Waals surface area contributed by atoms with Crippen molar-refractivity contribution >= 4 is 5.52 Å². The Kier molecular flexibility index (Phi) is 3.39. The van der Waals surface area contributed by atoms with Crippen LogP contribution >= 0.6 is 0 Å². The second-order valence-corrected chi connectivity index (χ2v) is 4.59. The van der Waals surface area contributed by atoms with E-state index in [0.717, 1.165) is 34.6 Å².